The number of phenolic OH excluding ortho intramolecular Hbond substituents is 2. The number of aliphatic hydroxyl groups excluding tert-OH is 3. The van der Waals surface area contributed by atoms with E-state index in [0.717, 1.165) is 11.1 Å². The van der Waals surface area contributed by atoms with E-state index in [2.05, 4.69) is 36.3 Å². The van der Waals surface area contributed by atoms with Crippen LogP contribution in [0.25, 0.3) is 11.2 Å². The van der Waals surface area contributed by atoms with Gasteiger partial charge >= 0.3 is 6.03 Å². The summed E-state index contributed by atoms with van der Waals surface area (Å²) < 4.78 is 24.9. The second kappa shape index (κ2) is 16.1. The van der Waals surface area contributed by atoms with Crippen LogP contribution in [0.3, 0.4) is 0 Å². The van der Waals surface area contributed by atoms with E-state index in [0.29, 0.717) is 54.7 Å². The monoisotopic (exact) mass is 827 g/mol. The Balaban J connectivity index is 1.08. The summed E-state index contributed by atoms with van der Waals surface area (Å²) in [7, 11) is -3.89. The third-order valence-corrected chi connectivity index (χ3v) is 11.5. The second-order valence-corrected chi connectivity index (χ2v) is 16.0. The van der Waals surface area contributed by atoms with Crippen molar-refractivity contribution in [3.05, 3.63) is 96.1 Å². The first-order chi connectivity index (χ1) is 28.3. The highest BCUT2D eigenvalue weighted by Gasteiger charge is 2.45. The Morgan fingerprint density at radius 2 is 1.58 bits per heavy atom. The maximum atomic E-state index is 13.0. The first kappa shape index (κ1) is 39.4. The molecule has 0 bridgehead atoms. The fourth-order valence-electron chi connectivity index (χ4n) is 7.54. The standard InChI is InChI=1S/C37H41N13O8S/c38-59(57,58)26-11-5-22(6-12-26)41-37(56)42-23-13-14-48(17-23)36-43-34(39-16-27(20-1-7-24(52)8-2-20)21-3-9-25(53)10-4-21)31-35(44-36)49(19-40-31)28-15-29(33(55)32(28)54)50-46-30(18-51)45-47-50/h1-12,19,23,27-29,32-33,51-55H,13-18H2,(H2,38,57,58)(H,39,43,44)(H2,41,42,56)/t23-,28-,29+,32+,33-/m1/s1. The van der Waals surface area contributed by atoms with Crippen molar-refractivity contribution in [2.24, 2.45) is 5.14 Å². The SMILES string of the molecule is NS(=O)(=O)c1ccc(NC(=O)N[C@@H]2CCN(c3nc(NCC(c4ccc(O)cc4)c4ccc(O)cc4)c4ncn([C@@H]5C[C@H](n6nnc(CO)n6)[C@@H](O)[C@H]5O)c4n3)C2)cc1. The lowest BCUT2D eigenvalue weighted by Gasteiger charge is -2.22. The molecule has 21 nitrogen and oxygen atoms in total. The van der Waals surface area contributed by atoms with Crippen molar-refractivity contribution in [3.63, 3.8) is 0 Å². The van der Waals surface area contributed by atoms with Crippen LogP contribution in [0, 0.1) is 0 Å². The molecule has 2 aliphatic rings. The highest BCUT2D eigenvalue weighted by Crippen LogP contribution is 2.40. The van der Waals surface area contributed by atoms with E-state index in [4.69, 9.17) is 15.1 Å². The van der Waals surface area contributed by atoms with Crippen molar-refractivity contribution in [2.75, 3.05) is 35.2 Å². The number of primary sulfonamides is 1. The number of nitrogens with two attached hydrogens (primary N) is 1. The molecule has 3 aromatic carbocycles. The van der Waals surface area contributed by atoms with Crippen molar-refractivity contribution >= 4 is 44.7 Å². The number of carbonyl (C=O) groups excluding carboxylic acids is 1. The van der Waals surface area contributed by atoms with Gasteiger partial charge in [0.05, 0.1) is 17.3 Å². The zero-order chi connectivity index (χ0) is 41.4. The van der Waals surface area contributed by atoms with E-state index in [1.54, 1.807) is 28.8 Å². The number of aromatic hydroxyl groups is 2. The number of aliphatic hydroxyl groups is 3. The maximum Gasteiger partial charge on any atom is 0.319 e. The number of sulfonamides is 1. The smallest absolute Gasteiger partial charge is 0.319 e. The van der Waals surface area contributed by atoms with Crippen LogP contribution in [0.15, 0.2) is 84.0 Å². The fourth-order valence-corrected chi connectivity index (χ4v) is 8.06. The van der Waals surface area contributed by atoms with Crippen LogP contribution in [0.2, 0.25) is 0 Å². The Kier molecular flexibility index (Phi) is 10.7. The number of benzene rings is 3. The molecule has 59 heavy (non-hydrogen) atoms. The molecule has 0 spiro atoms. The van der Waals surface area contributed by atoms with Gasteiger partial charge in [0.2, 0.25) is 16.0 Å². The number of hydrogen-bond donors (Lipinski definition) is 9. The van der Waals surface area contributed by atoms with E-state index in [9.17, 15) is 38.7 Å². The van der Waals surface area contributed by atoms with Gasteiger partial charge in [0.15, 0.2) is 22.8 Å². The molecule has 5 atom stereocenters. The summed E-state index contributed by atoms with van der Waals surface area (Å²) in [6.45, 7) is 0.660. The van der Waals surface area contributed by atoms with Crippen molar-refractivity contribution in [1.29, 1.82) is 0 Å². The van der Waals surface area contributed by atoms with E-state index in [1.165, 1.54) is 35.4 Å². The molecule has 10 N–H and O–H groups in total. The van der Waals surface area contributed by atoms with Gasteiger partial charge in [-0.25, -0.2) is 23.3 Å². The number of imidazole rings is 1. The van der Waals surface area contributed by atoms with E-state index in [-0.39, 0.29) is 40.6 Å². The van der Waals surface area contributed by atoms with Crippen LogP contribution < -0.4 is 26.0 Å². The predicted octanol–water partition coefficient (Wildman–Crippen LogP) is 0.916. The number of amides is 2. The highest BCUT2D eigenvalue weighted by molar-refractivity contribution is 7.89. The molecule has 0 radical (unpaired) electrons. The van der Waals surface area contributed by atoms with Crippen LogP contribution in [-0.2, 0) is 16.6 Å². The van der Waals surface area contributed by atoms with Crippen LogP contribution >= 0.6 is 0 Å². The number of carbonyl (C=O) groups is 1. The molecule has 0 unspecified atom stereocenters. The number of aromatic nitrogens is 8. The van der Waals surface area contributed by atoms with E-state index in [1.807, 2.05) is 29.2 Å². The van der Waals surface area contributed by atoms with Crippen molar-refractivity contribution in [2.45, 2.75) is 60.6 Å². The molecule has 308 valence electrons. The Bertz CT molecular complexity index is 2510. The molecular weight excluding hydrogens is 787 g/mol. The third-order valence-electron chi connectivity index (χ3n) is 10.6. The van der Waals surface area contributed by atoms with Crippen LogP contribution in [-0.4, -0.2) is 118 Å². The molecule has 4 heterocycles. The third kappa shape index (κ3) is 8.29. The minimum absolute atomic E-state index is 0.0731. The molecule has 8 rings (SSSR count). The van der Waals surface area contributed by atoms with Crippen molar-refractivity contribution in [3.8, 4) is 11.5 Å². The molecule has 1 saturated heterocycles. The number of phenols is 2. The lowest BCUT2D eigenvalue weighted by molar-refractivity contribution is 0.00469. The number of urea groups is 1. The minimum Gasteiger partial charge on any atom is -0.508 e. The van der Waals surface area contributed by atoms with Gasteiger partial charge < -0.3 is 51.0 Å². The van der Waals surface area contributed by atoms with Gasteiger partial charge in [0, 0.05) is 37.3 Å². The lowest BCUT2D eigenvalue weighted by Crippen LogP contribution is -2.40. The normalized spacial score (nSPS) is 20.7. The van der Waals surface area contributed by atoms with Gasteiger partial charge in [-0.05, 0) is 77.7 Å². The summed E-state index contributed by atoms with van der Waals surface area (Å²) in [6.07, 6.45) is -0.315. The van der Waals surface area contributed by atoms with Crippen LogP contribution in [0.5, 0.6) is 11.5 Å². The molecule has 1 aliphatic carbocycles. The average Bonchev–Trinajstić information content (AvgIpc) is 4.03. The summed E-state index contributed by atoms with van der Waals surface area (Å²) in [5.41, 5.74) is 2.88. The average molecular weight is 828 g/mol. The number of anilines is 3. The number of rotatable bonds is 12. The first-order valence-corrected chi connectivity index (χ1v) is 20.2. The van der Waals surface area contributed by atoms with Gasteiger partial charge in [-0.2, -0.15) is 14.8 Å². The van der Waals surface area contributed by atoms with Gasteiger partial charge in [-0.15, -0.1) is 10.2 Å². The summed E-state index contributed by atoms with van der Waals surface area (Å²) in [4.78, 5) is 30.5. The van der Waals surface area contributed by atoms with Crippen molar-refractivity contribution in [1.82, 2.24) is 45.0 Å². The lowest BCUT2D eigenvalue weighted by atomic mass is 9.91. The van der Waals surface area contributed by atoms with Gasteiger partial charge in [0.25, 0.3) is 0 Å². The van der Waals surface area contributed by atoms with E-state index >= 15 is 0 Å². The van der Waals surface area contributed by atoms with Crippen LogP contribution in [0.4, 0.5) is 22.2 Å². The highest BCUT2D eigenvalue weighted by atomic mass is 32.2. The first-order valence-electron chi connectivity index (χ1n) is 18.6. The zero-order valence-electron chi connectivity index (χ0n) is 31.2. The molecule has 2 amide bonds. The van der Waals surface area contributed by atoms with Crippen LogP contribution in [0.1, 0.15) is 47.8 Å². The topological polar surface area (TPSA) is 305 Å². The quantitative estimate of drug-likeness (QED) is 0.0828. The number of tetrazole rings is 1. The molecule has 2 fully saturated rings. The Morgan fingerprint density at radius 1 is 0.915 bits per heavy atom. The Morgan fingerprint density at radius 3 is 2.20 bits per heavy atom. The number of fused-ring (bicyclic) bond motifs is 1. The summed E-state index contributed by atoms with van der Waals surface area (Å²) in [6, 6.07) is 16.8. The maximum absolute atomic E-state index is 13.0. The second-order valence-electron chi connectivity index (χ2n) is 14.4. The molecule has 1 saturated carbocycles. The molecule has 1 aliphatic heterocycles. The number of nitrogens with one attached hydrogen (secondary N) is 3. The van der Waals surface area contributed by atoms with Gasteiger partial charge in [-0.3, -0.25) is 0 Å². The van der Waals surface area contributed by atoms with Crippen molar-refractivity contribution < 1.29 is 38.7 Å². The minimum atomic E-state index is -3.89. The molecule has 3 aromatic heterocycles. The number of hydrogen-bond acceptors (Lipinski definition) is 16. The molecule has 6 aromatic rings. The summed E-state index contributed by atoms with van der Waals surface area (Å²) in [5.74, 6) is 0.716. The zero-order valence-corrected chi connectivity index (χ0v) is 32.0. The van der Waals surface area contributed by atoms with Gasteiger partial charge in [0.1, 0.15) is 36.4 Å². The Labute approximate surface area is 336 Å². The summed E-state index contributed by atoms with van der Waals surface area (Å²) in [5, 5.41) is 78.1. The summed E-state index contributed by atoms with van der Waals surface area (Å²) >= 11 is 0. The Hall–Kier alpha value is -6.46. The molecule has 22 heteroatoms. The fraction of sp³-hybridized carbons (Fsp3) is 0.324. The number of nitrogens with zero attached hydrogens (tertiary/aromatic N) is 9. The van der Waals surface area contributed by atoms with Gasteiger partial charge in [-0.1, -0.05) is 24.3 Å². The predicted molar refractivity (Wildman–Crippen MR) is 211 cm³/mol. The van der Waals surface area contributed by atoms with E-state index < -0.39 is 47.0 Å². The molecular formula is C37H41N13O8S. The largest absolute Gasteiger partial charge is 0.508 e.